The van der Waals surface area contributed by atoms with Gasteiger partial charge in [0.05, 0.1) is 5.75 Å². The molecule has 1 heterocycles. The van der Waals surface area contributed by atoms with Crippen molar-refractivity contribution in [1.82, 2.24) is 9.97 Å². The molecular weight excluding hydrogens is 218 g/mol. The van der Waals surface area contributed by atoms with Crippen LogP contribution in [0.1, 0.15) is 5.69 Å². The number of carbonyl (C=O) groups excluding carboxylic acids is 1. The van der Waals surface area contributed by atoms with Crippen LogP contribution in [-0.4, -0.2) is 27.9 Å². The average molecular weight is 229 g/mol. The smallest absolute Gasteiger partial charge is 0.227 e. The van der Waals surface area contributed by atoms with Gasteiger partial charge in [-0.3, -0.25) is 4.79 Å². The van der Waals surface area contributed by atoms with Crippen LogP contribution in [0.4, 0.5) is 0 Å². The number of hydrogen-bond donors (Lipinski definition) is 1. The number of carbonyl (C=O) groups is 1. The van der Waals surface area contributed by atoms with Crippen LogP contribution in [0.2, 0.25) is 0 Å². The molecule has 1 rings (SSSR count). The van der Waals surface area contributed by atoms with Gasteiger partial charge in [-0.1, -0.05) is 11.8 Å². The van der Waals surface area contributed by atoms with Crippen molar-refractivity contribution < 1.29 is 4.79 Å². The summed E-state index contributed by atoms with van der Waals surface area (Å²) in [7, 11) is 0. The molecule has 0 spiro atoms. The third kappa shape index (κ3) is 3.55. The molecule has 0 aliphatic heterocycles. The van der Waals surface area contributed by atoms with Gasteiger partial charge < -0.3 is 5.73 Å². The third-order valence-electron chi connectivity index (χ3n) is 1.36. The minimum atomic E-state index is -0.356. The highest BCUT2D eigenvalue weighted by Crippen LogP contribution is 2.18. The first-order valence-electron chi connectivity index (χ1n) is 3.92. The fraction of sp³-hybridized carbons (Fsp3) is 0.375. The Morgan fingerprint density at radius 3 is 2.86 bits per heavy atom. The molecular formula is C8H11N3OS2. The van der Waals surface area contributed by atoms with Gasteiger partial charge in [-0.15, -0.1) is 11.8 Å². The maximum absolute atomic E-state index is 10.6. The van der Waals surface area contributed by atoms with Gasteiger partial charge >= 0.3 is 0 Å². The lowest BCUT2D eigenvalue weighted by molar-refractivity contribution is -0.115. The molecule has 0 saturated carbocycles. The maximum atomic E-state index is 10.6. The lowest BCUT2D eigenvalue weighted by Crippen LogP contribution is -2.13. The van der Waals surface area contributed by atoms with Crippen LogP contribution in [-0.2, 0) is 4.79 Å². The van der Waals surface area contributed by atoms with Crippen molar-refractivity contribution in [3.63, 3.8) is 0 Å². The zero-order valence-corrected chi connectivity index (χ0v) is 9.61. The molecule has 6 heteroatoms. The van der Waals surface area contributed by atoms with Gasteiger partial charge in [0, 0.05) is 5.69 Å². The van der Waals surface area contributed by atoms with Crippen LogP contribution in [0, 0.1) is 6.92 Å². The Labute approximate surface area is 91.1 Å². The van der Waals surface area contributed by atoms with E-state index in [1.165, 1.54) is 11.8 Å². The maximum Gasteiger partial charge on any atom is 0.227 e. The molecule has 0 saturated heterocycles. The van der Waals surface area contributed by atoms with Crippen LogP contribution in [0.5, 0.6) is 0 Å². The molecule has 0 aromatic carbocycles. The molecule has 2 N–H and O–H groups in total. The fourth-order valence-electron chi connectivity index (χ4n) is 0.818. The van der Waals surface area contributed by atoms with Crippen LogP contribution >= 0.6 is 23.5 Å². The van der Waals surface area contributed by atoms with E-state index in [0.717, 1.165) is 10.7 Å². The number of nitrogens with zero attached hydrogens (tertiary/aromatic N) is 2. The summed E-state index contributed by atoms with van der Waals surface area (Å²) < 4.78 is 0. The summed E-state index contributed by atoms with van der Waals surface area (Å²) in [6.45, 7) is 1.90. The molecule has 1 amide bonds. The first-order chi connectivity index (χ1) is 6.61. The number of primary amides is 1. The highest BCUT2D eigenvalue weighted by atomic mass is 32.2. The Morgan fingerprint density at radius 2 is 2.29 bits per heavy atom. The summed E-state index contributed by atoms with van der Waals surface area (Å²) in [6.07, 6.45) is 1.95. The lowest BCUT2D eigenvalue weighted by atomic mass is 10.5. The van der Waals surface area contributed by atoms with Gasteiger partial charge in [0.1, 0.15) is 5.03 Å². The van der Waals surface area contributed by atoms with E-state index in [4.69, 9.17) is 5.73 Å². The minimum Gasteiger partial charge on any atom is -0.369 e. The standard InChI is InChI=1S/C8H11N3OS2/c1-5-3-7(13-2)11-8(10-5)14-4-6(9)12/h3H,4H2,1-2H3,(H2,9,12). The Hall–Kier alpha value is -0.750. The van der Waals surface area contributed by atoms with Gasteiger partial charge in [-0.2, -0.15) is 0 Å². The SMILES string of the molecule is CSc1cc(C)nc(SCC(N)=O)n1. The average Bonchev–Trinajstić information content (AvgIpc) is 2.14. The monoisotopic (exact) mass is 229 g/mol. The minimum absolute atomic E-state index is 0.220. The molecule has 4 nitrogen and oxygen atoms in total. The van der Waals surface area contributed by atoms with Crippen molar-refractivity contribution in [2.75, 3.05) is 12.0 Å². The number of nitrogens with two attached hydrogens (primary N) is 1. The van der Waals surface area contributed by atoms with Crippen molar-refractivity contribution in [3.8, 4) is 0 Å². The van der Waals surface area contributed by atoms with E-state index in [9.17, 15) is 4.79 Å². The number of thioether (sulfide) groups is 2. The topological polar surface area (TPSA) is 68.9 Å². The van der Waals surface area contributed by atoms with E-state index in [2.05, 4.69) is 9.97 Å². The molecule has 0 bridgehead atoms. The van der Waals surface area contributed by atoms with E-state index in [-0.39, 0.29) is 11.7 Å². The fourth-order valence-corrected chi connectivity index (χ4v) is 1.98. The Kier molecular flexibility index (Phi) is 4.21. The van der Waals surface area contributed by atoms with Gasteiger partial charge in [0.2, 0.25) is 5.91 Å². The van der Waals surface area contributed by atoms with E-state index >= 15 is 0 Å². The molecule has 76 valence electrons. The van der Waals surface area contributed by atoms with Gasteiger partial charge in [0.25, 0.3) is 0 Å². The quantitative estimate of drug-likeness (QED) is 0.475. The zero-order chi connectivity index (χ0) is 10.6. The van der Waals surface area contributed by atoms with E-state index in [0.29, 0.717) is 5.16 Å². The molecule has 0 fully saturated rings. The number of hydrogen-bond acceptors (Lipinski definition) is 5. The largest absolute Gasteiger partial charge is 0.369 e. The molecule has 0 aliphatic carbocycles. The highest BCUT2D eigenvalue weighted by molar-refractivity contribution is 8.00. The molecule has 0 aliphatic rings. The molecule has 1 aromatic rings. The van der Waals surface area contributed by atoms with Crippen LogP contribution in [0.15, 0.2) is 16.2 Å². The number of aryl methyl sites for hydroxylation is 1. The lowest BCUT2D eigenvalue weighted by Gasteiger charge is -2.01. The van der Waals surface area contributed by atoms with Crippen LogP contribution < -0.4 is 5.73 Å². The summed E-state index contributed by atoms with van der Waals surface area (Å²) >= 11 is 2.81. The number of amides is 1. The second-order valence-electron chi connectivity index (χ2n) is 2.59. The van der Waals surface area contributed by atoms with Crippen molar-refractivity contribution in [3.05, 3.63) is 11.8 Å². The van der Waals surface area contributed by atoms with Crippen molar-refractivity contribution >= 4 is 29.4 Å². The van der Waals surface area contributed by atoms with Gasteiger partial charge in [0.15, 0.2) is 5.16 Å². The third-order valence-corrected chi connectivity index (χ3v) is 2.86. The van der Waals surface area contributed by atoms with E-state index in [1.807, 2.05) is 19.2 Å². The summed E-state index contributed by atoms with van der Waals surface area (Å²) in [5, 5.41) is 1.51. The highest BCUT2D eigenvalue weighted by Gasteiger charge is 2.03. The van der Waals surface area contributed by atoms with Crippen LogP contribution in [0.3, 0.4) is 0 Å². The second kappa shape index (κ2) is 5.21. The zero-order valence-electron chi connectivity index (χ0n) is 7.98. The summed E-state index contributed by atoms with van der Waals surface area (Å²) in [6, 6.07) is 1.90. The normalized spacial score (nSPS) is 10.1. The molecule has 0 unspecified atom stereocenters. The molecule has 0 atom stereocenters. The first-order valence-corrected chi connectivity index (χ1v) is 6.13. The van der Waals surface area contributed by atoms with Crippen molar-refractivity contribution in [2.45, 2.75) is 17.1 Å². The Morgan fingerprint density at radius 1 is 1.57 bits per heavy atom. The molecule has 14 heavy (non-hydrogen) atoms. The summed E-state index contributed by atoms with van der Waals surface area (Å²) in [5.74, 6) is -0.136. The summed E-state index contributed by atoms with van der Waals surface area (Å²) in [4.78, 5) is 19.0. The first kappa shape index (κ1) is 11.3. The molecule has 0 radical (unpaired) electrons. The molecule has 1 aromatic heterocycles. The predicted octanol–water partition coefficient (Wildman–Crippen LogP) is 1.08. The van der Waals surface area contributed by atoms with Gasteiger partial charge in [-0.25, -0.2) is 9.97 Å². The van der Waals surface area contributed by atoms with Crippen LogP contribution in [0.25, 0.3) is 0 Å². The number of rotatable bonds is 4. The second-order valence-corrected chi connectivity index (χ2v) is 4.36. The van der Waals surface area contributed by atoms with E-state index in [1.54, 1.807) is 11.8 Å². The number of aromatic nitrogens is 2. The van der Waals surface area contributed by atoms with Gasteiger partial charge in [-0.05, 0) is 19.2 Å². The summed E-state index contributed by atoms with van der Waals surface area (Å²) in [5.41, 5.74) is 5.93. The predicted molar refractivity (Wildman–Crippen MR) is 58.5 cm³/mol. The van der Waals surface area contributed by atoms with E-state index < -0.39 is 0 Å². The Bertz CT molecular complexity index is 343. The van der Waals surface area contributed by atoms with Crippen molar-refractivity contribution in [1.29, 1.82) is 0 Å². The van der Waals surface area contributed by atoms with Crippen molar-refractivity contribution in [2.24, 2.45) is 5.73 Å². The Balaban J connectivity index is 2.76.